The average Bonchev–Trinajstić information content (AvgIpc) is 3.77. The van der Waals surface area contributed by atoms with E-state index in [1.165, 1.54) is 13.3 Å². The van der Waals surface area contributed by atoms with Crippen LogP contribution in [-0.2, 0) is 20.6 Å². The van der Waals surface area contributed by atoms with Gasteiger partial charge in [0.1, 0.15) is 28.4 Å². The van der Waals surface area contributed by atoms with Gasteiger partial charge >= 0.3 is 18.2 Å². The SMILES string of the molecule is COC(=O)c1cc(-c2ccnc(N(C(=O)OC(C)(C)C)C(=O)OC(C)(C)C)c2)cc2c1nc(CC1CC1)n2-c1ccnc2c(Cl)cccc12. The number of rotatable bonds is 6. The van der Waals surface area contributed by atoms with Crippen molar-refractivity contribution in [3.63, 3.8) is 0 Å². The van der Waals surface area contributed by atoms with Crippen LogP contribution in [0.1, 0.15) is 70.6 Å². The number of esters is 1. The Morgan fingerprint density at radius 1 is 0.878 bits per heavy atom. The summed E-state index contributed by atoms with van der Waals surface area (Å²) in [6.07, 6.45) is 4.22. The summed E-state index contributed by atoms with van der Waals surface area (Å²) in [7, 11) is 1.32. The van der Waals surface area contributed by atoms with E-state index >= 15 is 0 Å². The highest BCUT2D eigenvalue weighted by Gasteiger charge is 2.34. The summed E-state index contributed by atoms with van der Waals surface area (Å²) >= 11 is 6.56. The van der Waals surface area contributed by atoms with E-state index in [2.05, 4.69) is 14.5 Å². The van der Waals surface area contributed by atoms with Crippen LogP contribution in [0.4, 0.5) is 15.4 Å². The van der Waals surface area contributed by atoms with Gasteiger partial charge in [-0.3, -0.25) is 9.55 Å². The Labute approximate surface area is 289 Å². The second-order valence-electron chi connectivity index (χ2n) is 14.1. The van der Waals surface area contributed by atoms with Gasteiger partial charge in [0.15, 0.2) is 0 Å². The van der Waals surface area contributed by atoms with E-state index in [4.69, 9.17) is 30.8 Å². The zero-order chi connectivity index (χ0) is 35.2. The molecule has 12 heteroatoms. The Morgan fingerprint density at radius 3 is 2.18 bits per heavy atom. The molecule has 49 heavy (non-hydrogen) atoms. The largest absolute Gasteiger partial charge is 0.465 e. The van der Waals surface area contributed by atoms with Gasteiger partial charge in [-0.15, -0.1) is 0 Å². The monoisotopic (exact) mass is 683 g/mol. The summed E-state index contributed by atoms with van der Waals surface area (Å²) in [6.45, 7) is 10.2. The molecule has 0 saturated heterocycles. The van der Waals surface area contributed by atoms with E-state index in [0.717, 1.165) is 41.1 Å². The number of carbonyl (C=O) groups is 3. The van der Waals surface area contributed by atoms with Crippen molar-refractivity contribution in [1.29, 1.82) is 0 Å². The maximum absolute atomic E-state index is 13.4. The van der Waals surface area contributed by atoms with Crippen LogP contribution in [0, 0.1) is 5.92 Å². The van der Waals surface area contributed by atoms with Crippen LogP contribution < -0.4 is 4.90 Å². The fourth-order valence-electron chi connectivity index (χ4n) is 5.56. The summed E-state index contributed by atoms with van der Waals surface area (Å²) < 4.78 is 18.4. The number of imide groups is 1. The predicted octanol–water partition coefficient (Wildman–Crippen LogP) is 8.70. The van der Waals surface area contributed by atoms with Crippen LogP contribution >= 0.6 is 11.6 Å². The fraction of sp³-hybridized carbons (Fsp3) is 0.351. The minimum atomic E-state index is -0.942. The predicted molar refractivity (Wildman–Crippen MR) is 187 cm³/mol. The number of benzene rings is 2. The van der Waals surface area contributed by atoms with Gasteiger partial charge in [-0.1, -0.05) is 23.7 Å². The van der Waals surface area contributed by atoms with Crippen molar-refractivity contribution in [2.75, 3.05) is 12.0 Å². The molecule has 0 radical (unpaired) electrons. The minimum absolute atomic E-state index is 0.0154. The van der Waals surface area contributed by atoms with E-state index < -0.39 is 29.4 Å². The lowest BCUT2D eigenvalue weighted by atomic mass is 10.0. The molecule has 0 unspecified atom stereocenters. The van der Waals surface area contributed by atoms with E-state index in [-0.39, 0.29) is 11.4 Å². The molecule has 11 nitrogen and oxygen atoms in total. The van der Waals surface area contributed by atoms with Crippen molar-refractivity contribution < 1.29 is 28.6 Å². The summed E-state index contributed by atoms with van der Waals surface area (Å²) in [6, 6.07) is 14.4. The Bertz CT molecular complexity index is 2080. The van der Waals surface area contributed by atoms with Crippen LogP contribution in [0.3, 0.4) is 0 Å². The molecule has 2 amide bonds. The number of imidazole rings is 1. The number of carbonyl (C=O) groups excluding carboxylic acids is 3. The number of anilines is 1. The quantitative estimate of drug-likeness (QED) is 0.128. The summed E-state index contributed by atoms with van der Waals surface area (Å²) in [5.41, 5.74) is 2.24. The second-order valence-corrected chi connectivity index (χ2v) is 14.5. The molecular formula is C37H38ClN5O6. The summed E-state index contributed by atoms with van der Waals surface area (Å²) in [5.74, 6) is 0.709. The highest BCUT2D eigenvalue weighted by atomic mass is 35.5. The second kappa shape index (κ2) is 12.8. The Morgan fingerprint density at radius 2 is 1.55 bits per heavy atom. The highest BCUT2D eigenvalue weighted by molar-refractivity contribution is 6.35. The number of ether oxygens (including phenoxy) is 3. The van der Waals surface area contributed by atoms with Crippen LogP contribution in [0.25, 0.3) is 38.8 Å². The fourth-order valence-corrected chi connectivity index (χ4v) is 5.78. The van der Waals surface area contributed by atoms with E-state index in [0.29, 0.717) is 38.6 Å². The maximum Gasteiger partial charge on any atom is 0.425 e. The molecular weight excluding hydrogens is 646 g/mol. The average molecular weight is 684 g/mol. The number of nitrogens with zero attached hydrogens (tertiary/aromatic N) is 5. The molecule has 5 aromatic rings. The molecule has 1 aliphatic carbocycles. The van der Waals surface area contributed by atoms with Crippen LogP contribution in [0.2, 0.25) is 5.02 Å². The lowest BCUT2D eigenvalue weighted by molar-refractivity contribution is 0.0428. The zero-order valence-corrected chi connectivity index (χ0v) is 29.3. The van der Waals surface area contributed by atoms with E-state index in [1.54, 1.807) is 72.0 Å². The number of hydrogen-bond donors (Lipinski definition) is 0. The molecule has 254 valence electrons. The van der Waals surface area contributed by atoms with E-state index in [9.17, 15) is 14.4 Å². The number of hydrogen-bond acceptors (Lipinski definition) is 9. The lowest BCUT2D eigenvalue weighted by Gasteiger charge is -2.28. The molecule has 0 aliphatic heterocycles. The topological polar surface area (TPSA) is 126 Å². The number of amides is 2. The Hall–Kier alpha value is -5.03. The molecule has 3 aromatic heterocycles. The first-order chi connectivity index (χ1) is 23.1. The number of pyridine rings is 2. The summed E-state index contributed by atoms with van der Waals surface area (Å²) in [4.78, 5) is 54.8. The Kier molecular flexibility index (Phi) is 8.83. The van der Waals surface area contributed by atoms with Gasteiger partial charge in [0.05, 0.1) is 34.4 Å². The smallest absolute Gasteiger partial charge is 0.425 e. The van der Waals surface area contributed by atoms with Crippen molar-refractivity contribution in [2.24, 2.45) is 5.92 Å². The van der Waals surface area contributed by atoms with Crippen molar-refractivity contribution in [3.8, 4) is 16.8 Å². The van der Waals surface area contributed by atoms with Crippen molar-refractivity contribution in [3.05, 3.63) is 77.3 Å². The normalized spacial score (nSPS) is 13.4. The van der Waals surface area contributed by atoms with Gasteiger partial charge in [0.25, 0.3) is 0 Å². The maximum atomic E-state index is 13.4. The molecule has 0 spiro atoms. The van der Waals surface area contributed by atoms with Crippen molar-refractivity contribution >= 4 is 57.5 Å². The van der Waals surface area contributed by atoms with Gasteiger partial charge in [-0.25, -0.2) is 24.4 Å². The molecule has 1 aliphatic rings. The first-order valence-electron chi connectivity index (χ1n) is 16.0. The molecule has 0 atom stereocenters. The minimum Gasteiger partial charge on any atom is -0.465 e. The van der Waals surface area contributed by atoms with Gasteiger partial charge in [-0.2, -0.15) is 4.90 Å². The third kappa shape index (κ3) is 7.22. The number of para-hydroxylation sites is 1. The summed E-state index contributed by atoms with van der Waals surface area (Å²) in [5, 5.41) is 1.35. The van der Waals surface area contributed by atoms with Crippen molar-refractivity contribution in [1.82, 2.24) is 19.5 Å². The molecule has 1 saturated carbocycles. The molecule has 3 heterocycles. The van der Waals surface area contributed by atoms with Crippen molar-refractivity contribution in [2.45, 2.75) is 72.0 Å². The first kappa shape index (κ1) is 33.9. The van der Waals surface area contributed by atoms with Gasteiger partial charge in [0.2, 0.25) is 0 Å². The molecule has 1 fully saturated rings. The molecule has 0 bridgehead atoms. The number of methoxy groups -OCH3 is 1. The van der Waals surface area contributed by atoms with Gasteiger partial charge < -0.3 is 14.2 Å². The number of halogens is 1. The van der Waals surface area contributed by atoms with Gasteiger partial charge in [0, 0.05) is 24.2 Å². The third-order valence-electron chi connectivity index (χ3n) is 7.80. The first-order valence-corrected chi connectivity index (χ1v) is 16.4. The third-order valence-corrected chi connectivity index (χ3v) is 8.11. The van der Waals surface area contributed by atoms with Gasteiger partial charge in [-0.05, 0) is 108 Å². The molecule has 6 rings (SSSR count). The zero-order valence-electron chi connectivity index (χ0n) is 28.5. The standard InChI is InChI=1S/C37H38ClN5O6/c1-36(2,3)48-34(45)43(35(46)49-37(4,5)6)29-20-22(13-15-39-29)23-18-25(33(44)47-7)32-28(19-23)42(30(41-32)17-21-11-12-21)27-14-16-40-31-24(27)9-8-10-26(31)38/h8-10,13-16,18-21H,11-12,17H2,1-7H3. The van der Waals surface area contributed by atoms with Crippen LogP contribution in [-0.4, -0.2) is 56.0 Å². The van der Waals surface area contributed by atoms with Crippen LogP contribution in [0.15, 0.2) is 60.9 Å². The Balaban J connectivity index is 1.57. The highest BCUT2D eigenvalue weighted by Crippen LogP contribution is 2.38. The number of aromatic nitrogens is 4. The van der Waals surface area contributed by atoms with Crippen LogP contribution in [0.5, 0.6) is 0 Å². The van der Waals surface area contributed by atoms with E-state index in [1.807, 2.05) is 24.3 Å². The molecule has 2 aromatic carbocycles. The molecule has 0 N–H and O–H groups in total. The number of fused-ring (bicyclic) bond motifs is 2. The lowest BCUT2D eigenvalue weighted by Crippen LogP contribution is -2.44.